The lowest BCUT2D eigenvalue weighted by molar-refractivity contribution is -0.384. The second-order valence-corrected chi connectivity index (χ2v) is 6.48. The Labute approximate surface area is 176 Å². The Morgan fingerprint density at radius 1 is 1.26 bits per heavy atom. The van der Waals surface area contributed by atoms with E-state index in [1.807, 2.05) is 0 Å². The number of rotatable bonds is 8. The van der Waals surface area contributed by atoms with E-state index in [2.05, 4.69) is 15.0 Å². The molecule has 0 aliphatic heterocycles. The highest BCUT2D eigenvalue weighted by Crippen LogP contribution is 2.30. The Kier molecular flexibility index (Phi) is 6.73. The number of carbonyl (C=O) groups excluding carboxylic acids is 1. The van der Waals surface area contributed by atoms with E-state index in [1.165, 1.54) is 37.6 Å². The normalized spacial score (nSPS) is 11.5. The molecule has 0 unspecified atom stereocenters. The Bertz CT molecular complexity index is 1090. The number of ether oxygens (including phenoxy) is 2. The van der Waals surface area contributed by atoms with Gasteiger partial charge in [0.1, 0.15) is 11.8 Å². The first-order valence-corrected chi connectivity index (χ1v) is 9.13. The van der Waals surface area contributed by atoms with Crippen molar-refractivity contribution in [1.82, 2.24) is 4.98 Å². The van der Waals surface area contributed by atoms with E-state index in [9.17, 15) is 19.3 Å². The fourth-order valence-electron chi connectivity index (χ4n) is 2.75. The van der Waals surface area contributed by atoms with Crippen LogP contribution in [0.2, 0.25) is 0 Å². The van der Waals surface area contributed by atoms with Gasteiger partial charge in [-0.1, -0.05) is 12.1 Å². The van der Waals surface area contributed by atoms with Crippen molar-refractivity contribution in [3.63, 3.8) is 0 Å². The number of hydrogen-bond donors (Lipinski definition) is 2. The van der Waals surface area contributed by atoms with Gasteiger partial charge in [0.2, 0.25) is 5.82 Å². The molecule has 0 saturated carbocycles. The average molecular weight is 426 g/mol. The van der Waals surface area contributed by atoms with Crippen molar-refractivity contribution in [1.29, 1.82) is 0 Å². The number of hydrogen-bond acceptors (Lipinski definition) is 8. The molecule has 9 nitrogen and oxygen atoms in total. The molecule has 1 heterocycles. The van der Waals surface area contributed by atoms with Crippen LogP contribution >= 0.6 is 0 Å². The van der Waals surface area contributed by atoms with Crippen LogP contribution in [0.15, 0.2) is 60.8 Å². The molecular weight excluding hydrogens is 407 g/mol. The van der Waals surface area contributed by atoms with Gasteiger partial charge < -0.3 is 20.5 Å². The number of nitro groups is 1. The number of nitrogens with one attached hydrogen (secondary N) is 1. The van der Waals surface area contributed by atoms with E-state index in [4.69, 9.17) is 10.5 Å². The van der Waals surface area contributed by atoms with Crippen molar-refractivity contribution in [2.75, 3.05) is 12.4 Å². The molecule has 160 valence electrons. The van der Waals surface area contributed by atoms with Crippen LogP contribution in [-0.2, 0) is 16.0 Å². The minimum Gasteiger partial charge on any atom is -0.468 e. The molecule has 0 spiro atoms. The molecule has 3 N–H and O–H groups in total. The predicted molar refractivity (Wildman–Crippen MR) is 111 cm³/mol. The molecule has 3 aromatic rings. The van der Waals surface area contributed by atoms with Gasteiger partial charge in [-0.3, -0.25) is 14.9 Å². The minimum atomic E-state index is -0.774. The number of halogens is 1. The van der Waals surface area contributed by atoms with Gasteiger partial charge in [-0.25, -0.2) is 9.37 Å². The second kappa shape index (κ2) is 9.63. The lowest BCUT2D eigenvalue weighted by Crippen LogP contribution is -2.33. The zero-order valence-electron chi connectivity index (χ0n) is 16.4. The Morgan fingerprint density at radius 2 is 2.00 bits per heavy atom. The summed E-state index contributed by atoms with van der Waals surface area (Å²) < 4.78 is 24.6. The van der Waals surface area contributed by atoms with E-state index in [-0.39, 0.29) is 22.9 Å². The summed E-state index contributed by atoms with van der Waals surface area (Å²) in [5, 5.41) is 13.8. The maximum Gasteiger partial charge on any atom is 0.322 e. The molecule has 0 aliphatic carbocycles. The lowest BCUT2D eigenvalue weighted by atomic mass is 10.1. The zero-order chi connectivity index (χ0) is 22.4. The molecule has 0 saturated heterocycles. The van der Waals surface area contributed by atoms with Crippen LogP contribution in [0, 0.1) is 15.9 Å². The van der Waals surface area contributed by atoms with Crippen molar-refractivity contribution in [2.24, 2.45) is 5.73 Å². The van der Waals surface area contributed by atoms with Crippen molar-refractivity contribution in [3.05, 3.63) is 82.3 Å². The number of nitrogens with zero attached hydrogens (tertiary/aromatic N) is 2. The van der Waals surface area contributed by atoms with E-state index in [0.29, 0.717) is 12.2 Å². The van der Waals surface area contributed by atoms with Crippen molar-refractivity contribution < 1.29 is 23.6 Å². The molecule has 10 heteroatoms. The summed E-state index contributed by atoms with van der Waals surface area (Å²) in [6.07, 6.45) is 1.69. The summed E-state index contributed by atoms with van der Waals surface area (Å²) >= 11 is 0. The van der Waals surface area contributed by atoms with Gasteiger partial charge in [0.05, 0.1) is 12.0 Å². The molecular formula is C21H19FN4O5. The van der Waals surface area contributed by atoms with Crippen LogP contribution in [0.4, 0.5) is 21.6 Å². The first kappa shape index (κ1) is 21.7. The molecule has 0 aliphatic rings. The van der Waals surface area contributed by atoms with Gasteiger partial charge in [0.15, 0.2) is 11.6 Å². The summed E-state index contributed by atoms with van der Waals surface area (Å²) in [5.41, 5.74) is 6.58. The van der Waals surface area contributed by atoms with Crippen LogP contribution in [0.25, 0.3) is 0 Å². The summed E-state index contributed by atoms with van der Waals surface area (Å²) in [6.45, 7) is 0. The average Bonchev–Trinajstić information content (AvgIpc) is 2.76. The molecule has 0 radical (unpaired) electrons. The molecule has 2 aromatic carbocycles. The van der Waals surface area contributed by atoms with Gasteiger partial charge in [-0.2, -0.15) is 0 Å². The first-order chi connectivity index (χ1) is 14.9. The maximum atomic E-state index is 14.5. The largest absolute Gasteiger partial charge is 0.468 e. The Balaban J connectivity index is 1.68. The molecule has 0 fully saturated rings. The van der Waals surface area contributed by atoms with Crippen molar-refractivity contribution in [2.45, 2.75) is 12.5 Å². The van der Waals surface area contributed by atoms with Crippen LogP contribution in [0.3, 0.4) is 0 Å². The fraction of sp³-hybridized carbons (Fsp3) is 0.143. The minimum absolute atomic E-state index is 0.00122. The van der Waals surface area contributed by atoms with E-state index >= 15 is 0 Å². The molecule has 1 atom stereocenters. The molecule has 0 bridgehead atoms. The number of esters is 1. The van der Waals surface area contributed by atoms with E-state index < -0.39 is 22.8 Å². The maximum absolute atomic E-state index is 14.5. The number of benzene rings is 2. The van der Waals surface area contributed by atoms with Gasteiger partial charge >= 0.3 is 11.7 Å². The Hall–Kier alpha value is -4.05. The van der Waals surface area contributed by atoms with Crippen LogP contribution < -0.4 is 15.8 Å². The number of pyridine rings is 1. The number of anilines is 2. The summed E-state index contributed by atoms with van der Waals surface area (Å²) in [4.78, 5) is 25.8. The molecule has 1 aromatic heterocycles. The lowest BCUT2D eigenvalue weighted by Gasteiger charge is -2.11. The van der Waals surface area contributed by atoms with Crippen LogP contribution in [-0.4, -0.2) is 29.0 Å². The number of methoxy groups -OCH3 is 1. The van der Waals surface area contributed by atoms with Crippen LogP contribution in [0.5, 0.6) is 11.5 Å². The second-order valence-electron chi connectivity index (χ2n) is 6.48. The van der Waals surface area contributed by atoms with Gasteiger partial charge in [0, 0.05) is 24.0 Å². The molecule has 0 amide bonds. The smallest absolute Gasteiger partial charge is 0.322 e. The van der Waals surface area contributed by atoms with E-state index in [1.54, 1.807) is 24.3 Å². The standard InChI is InChI=1S/C21H19FN4O5/c1-30-21(27)17(23)11-13-4-7-15(8-5-13)31-19-9-6-14(12-16(19)22)25-20-18(26(28)29)3-2-10-24-20/h2-10,12,17H,11,23H2,1H3,(H,24,25)/t17-/m0/s1. The highest BCUT2D eigenvalue weighted by molar-refractivity contribution is 5.75. The molecule has 3 rings (SSSR count). The first-order valence-electron chi connectivity index (χ1n) is 9.13. The monoisotopic (exact) mass is 426 g/mol. The predicted octanol–water partition coefficient (Wildman–Crippen LogP) is 3.71. The van der Waals surface area contributed by atoms with Crippen molar-refractivity contribution >= 4 is 23.2 Å². The SMILES string of the molecule is COC(=O)[C@@H](N)Cc1ccc(Oc2ccc(Nc3ncccc3[N+](=O)[O-])cc2F)cc1. The number of aromatic nitrogens is 1. The summed E-state index contributed by atoms with van der Waals surface area (Å²) in [7, 11) is 1.27. The zero-order valence-corrected chi connectivity index (χ0v) is 16.4. The van der Waals surface area contributed by atoms with E-state index in [0.717, 1.165) is 11.6 Å². The quantitative estimate of drug-likeness (QED) is 0.317. The van der Waals surface area contributed by atoms with Gasteiger partial charge in [0.25, 0.3) is 0 Å². The number of carbonyl (C=O) groups is 1. The Morgan fingerprint density at radius 3 is 2.65 bits per heavy atom. The summed E-state index contributed by atoms with van der Waals surface area (Å²) in [5.74, 6) is -0.815. The van der Waals surface area contributed by atoms with Crippen molar-refractivity contribution in [3.8, 4) is 11.5 Å². The number of nitrogens with two attached hydrogens (primary N) is 1. The van der Waals surface area contributed by atoms with Gasteiger partial charge in [-0.05, 0) is 42.3 Å². The fourth-order valence-corrected chi connectivity index (χ4v) is 2.75. The third kappa shape index (κ3) is 5.52. The molecule has 31 heavy (non-hydrogen) atoms. The van der Waals surface area contributed by atoms with Gasteiger partial charge in [-0.15, -0.1) is 0 Å². The highest BCUT2D eigenvalue weighted by atomic mass is 19.1. The summed E-state index contributed by atoms with van der Waals surface area (Å²) in [6, 6.07) is 12.7. The third-order valence-electron chi connectivity index (χ3n) is 4.29. The van der Waals surface area contributed by atoms with Crippen LogP contribution in [0.1, 0.15) is 5.56 Å². The highest BCUT2D eigenvalue weighted by Gasteiger charge is 2.16. The topological polar surface area (TPSA) is 130 Å². The third-order valence-corrected chi connectivity index (χ3v) is 4.29.